The number of aryl methyl sites for hydroxylation is 1. The fourth-order valence-corrected chi connectivity index (χ4v) is 4.37. The van der Waals surface area contributed by atoms with Crippen LogP contribution < -0.4 is 5.32 Å². The third-order valence-corrected chi connectivity index (χ3v) is 5.76. The van der Waals surface area contributed by atoms with E-state index in [-0.39, 0.29) is 12.0 Å². The van der Waals surface area contributed by atoms with Gasteiger partial charge in [0.2, 0.25) is 0 Å². The molecule has 2 N–H and O–H groups in total. The molecule has 2 aromatic carbocycles. The number of benzene rings is 2. The Morgan fingerprint density at radius 2 is 2.00 bits per heavy atom. The zero-order valence-electron chi connectivity index (χ0n) is 14.0. The zero-order valence-corrected chi connectivity index (χ0v) is 14.8. The van der Waals surface area contributed by atoms with E-state index in [0.29, 0.717) is 16.5 Å². The molecule has 1 aliphatic carbocycles. The Balaban J connectivity index is 1.82. The Morgan fingerprint density at radius 3 is 2.68 bits per heavy atom. The van der Waals surface area contributed by atoms with Crippen LogP contribution in [0.4, 0.5) is 5.69 Å². The summed E-state index contributed by atoms with van der Waals surface area (Å²) in [4.78, 5) is 11.7. The first-order valence-corrected chi connectivity index (χ1v) is 9.05. The van der Waals surface area contributed by atoms with Gasteiger partial charge < -0.3 is 10.4 Å². The molecule has 128 valence electrons. The van der Waals surface area contributed by atoms with Crippen LogP contribution in [0.2, 0.25) is 5.02 Å². The number of hydrogen-bond acceptors (Lipinski definition) is 2. The topological polar surface area (TPSA) is 49.3 Å². The maximum absolute atomic E-state index is 11.7. The first-order valence-electron chi connectivity index (χ1n) is 8.68. The molecule has 0 bridgehead atoms. The Morgan fingerprint density at radius 1 is 1.24 bits per heavy atom. The molecule has 0 aromatic heterocycles. The number of allylic oxidation sites excluding steroid dienone is 2. The number of carboxylic acids is 1. The van der Waals surface area contributed by atoms with Gasteiger partial charge in [-0.2, -0.15) is 0 Å². The van der Waals surface area contributed by atoms with Crippen molar-refractivity contribution >= 4 is 23.3 Å². The third kappa shape index (κ3) is 2.63. The largest absolute Gasteiger partial charge is 0.478 e. The van der Waals surface area contributed by atoms with E-state index in [4.69, 9.17) is 11.6 Å². The minimum atomic E-state index is -0.903. The highest BCUT2D eigenvalue weighted by Crippen LogP contribution is 2.52. The first-order chi connectivity index (χ1) is 12.1. The molecule has 0 saturated carbocycles. The van der Waals surface area contributed by atoms with Crippen LogP contribution in [-0.4, -0.2) is 11.1 Å². The molecule has 0 saturated heterocycles. The molecule has 1 aliphatic heterocycles. The second-order valence-corrected chi connectivity index (χ2v) is 7.17. The number of aromatic carboxylic acids is 1. The molecule has 2 aromatic rings. The summed E-state index contributed by atoms with van der Waals surface area (Å²) in [6, 6.07) is 12.1. The van der Waals surface area contributed by atoms with Crippen LogP contribution in [0, 0.1) is 5.92 Å². The lowest BCUT2D eigenvalue weighted by molar-refractivity contribution is 0.0695. The summed E-state index contributed by atoms with van der Waals surface area (Å²) in [5, 5.41) is 13.7. The summed E-state index contributed by atoms with van der Waals surface area (Å²) in [6.07, 6.45) is 6.25. The van der Waals surface area contributed by atoms with Crippen LogP contribution in [-0.2, 0) is 6.42 Å². The summed E-state index contributed by atoms with van der Waals surface area (Å²) in [5.41, 5.74) is 4.46. The minimum Gasteiger partial charge on any atom is -0.478 e. The standard InChI is InChI=1S/C21H20ClNO2/c1-2-12-6-8-13(9-7-12)19-15-5-3-4-14(15)18-16(21(24)25)10-11-17(22)20(18)23-19/h3-4,6-11,14-15,19,23H,2,5H2,1H3,(H,24,25)/t14-,15-,19+/m1/s1. The van der Waals surface area contributed by atoms with Crippen LogP contribution in [0.1, 0.15) is 52.4 Å². The number of hydrogen-bond donors (Lipinski definition) is 2. The number of halogens is 1. The number of rotatable bonds is 3. The van der Waals surface area contributed by atoms with Gasteiger partial charge in [0.25, 0.3) is 0 Å². The Kier molecular flexibility index (Phi) is 4.04. The highest BCUT2D eigenvalue weighted by molar-refractivity contribution is 6.33. The van der Waals surface area contributed by atoms with Crippen molar-refractivity contribution in [1.82, 2.24) is 0 Å². The first kappa shape index (κ1) is 16.2. The van der Waals surface area contributed by atoms with E-state index in [2.05, 4.69) is 48.7 Å². The van der Waals surface area contributed by atoms with E-state index in [0.717, 1.165) is 24.1 Å². The number of carbonyl (C=O) groups is 1. The van der Waals surface area contributed by atoms with Crippen molar-refractivity contribution in [2.45, 2.75) is 31.7 Å². The van der Waals surface area contributed by atoms with E-state index < -0.39 is 5.97 Å². The number of carboxylic acid groups (broad SMARTS) is 1. The van der Waals surface area contributed by atoms with E-state index in [1.165, 1.54) is 11.1 Å². The number of fused-ring (bicyclic) bond motifs is 3. The van der Waals surface area contributed by atoms with Gasteiger partial charge in [0.1, 0.15) is 0 Å². The molecule has 0 radical (unpaired) electrons. The Bertz CT molecular complexity index is 857. The highest BCUT2D eigenvalue weighted by Gasteiger charge is 2.40. The lowest BCUT2D eigenvalue weighted by Gasteiger charge is -2.38. The highest BCUT2D eigenvalue weighted by atomic mass is 35.5. The lowest BCUT2D eigenvalue weighted by Crippen LogP contribution is -2.30. The van der Waals surface area contributed by atoms with Gasteiger partial charge in [0, 0.05) is 5.92 Å². The Labute approximate surface area is 152 Å². The number of anilines is 1. The molecular formula is C21H20ClNO2. The van der Waals surface area contributed by atoms with Crippen LogP contribution in [0.3, 0.4) is 0 Å². The van der Waals surface area contributed by atoms with Gasteiger partial charge in [-0.25, -0.2) is 4.79 Å². The van der Waals surface area contributed by atoms with Gasteiger partial charge in [-0.05, 0) is 47.6 Å². The summed E-state index contributed by atoms with van der Waals surface area (Å²) in [7, 11) is 0. The van der Waals surface area contributed by atoms with E-state index in [1.807, 2.05) is 0 Å². The van der Waals surface area contributed by atoms with Crippen molar-refractivity contribution in [3.8, 4) is 0 Å². The molecule has 4 heteroatoms. The monoisotopic (exact) mass is 353 g/mol. The van der Waals surface area contributed by atoms with Crippen molar-refractivity contribution < 1.29 is 9.90 Å². The van der Waals surface area contributed by atoms with Gasteiger partial charge in [0.05, 0.1) is 22.3 Å². The second-order valence-electron chi connectivity index (χ2n) is 6.76. The molecule has 4 rings (SSSR count). The van der Waals surface area contributed by atoms with Crippen LogP contribution in [0.25, 0.3) is 0 Å². The maximum atomic E-state index is 11.7. The average Bonchev–Trinajstić information content (AvgIpc) is 3.11. The minimum absolute atomic E-state index is 0.0805. The molecule has 0 unspecified atom stereocenters. The van der Waals surface area contributed by atoms with Crippen molar-refractivity contribution in [2.75, 3.05) is 5.32 Å². The van der Waals surface area contributed by atoms with Gasteiger partial charge in [-0.1, -0.05) is 54.9 Å². The van der Waals surface area contributed by atoms with Gasteiger partial charge in [-0.15, -0.1) is 0 Å². The van der Waals surface area contributed by atoms with Gasteiger partial charge >= 0.3 is 5.97 Å². The fourth-order valence-electron chi connectivity index (χ4n) is 4.15. The van der Waals surface area contributed by atoms with Gasteiger partial charge in [-0.3, -0.25) is 0 Å². The average molecular weight is 354 g/mol. The zero-order chi connectivity index (χ0) is 17.6. The van der Waals surface area contributed by atoms with Gasteiger partial charge in [0.15, 0.2) is 0 Å². The molecule has 3 atom stereocenters. The molecular weight excluding hydrogens is 334 g/mol. The number of nitrogens with one attached hydrogen (secondary N) is 1. The predicted molar refractivity (Wildman–Crippen MR) is 101 cm³/mol. The van der Waals surface area contributed by atoms with Crippen molar-refractivity contribution in [1.29, 1.82) is 0 Å². The van der Waals surface area contributed by atoms with Crippen molar-refractivity contribution in [2.24, 2.45) is 5.92 Å². The van der Waals surface area contributed by atoms with Crippen LogP contribution >= 0.6 is 11.6 Å². The molecule has 2 aliphatic rings. The van der Waals surface area contributed by atoms with Crippen molar-refractivity contribution in [3.05, 3.63) is 75.8 Å². The Hall–Kier alpha value is -2.26. The van der Waals surface area contributed by atoms with Crippen LogP contribution in [0.15, 0.2) is 48.6 Å². The molecule has 25 heavy (non-hydrogen) atoms. The normalized spacial score (nSPS) is 23.7. The summed E-state index contributed by atoms with van der Waals surface area (Å²) >= 11 is 6.43. The lowest BCUT2D eigenvalue weighted by atomic mass is 9.75. The van der Waals surface area contributed by atoms with Crippen LogP contribution in [0.5, 0.6) is 0 Å². The fraction of sp³-hybridized carbons (Fsp3) is 0.286. The third-order valence-electron chi connectivity index (χ3n) is 5.45. The summed E-state index contributed by atoms with van der Waals surface area (Å²) in [6.45, 7) is 2.15. The van der Waals surface area contributed by atoms with E-state index >= 15 is 0 Å². The molecule has 1 heterocycles. The smallest absolute Gasteiger partial charge is 0.336 e. The molecule has 3 nitrogen and oxygen atoms in total. The molecule has 0 amide bonds. The second kappa shape index (κ2) is 6.23. The van der Waals surface area contributed by atoms with Crippen molar-refractivity contribution in [3.63, 3.8) is 0 Å². The quantitative estimate of drug-likeness (QED) is 0.723. The summed E-state index contributed by atoms with van der Waals surface area (Å²) in [5.74, 6) is -0.520. The molecule has 0 spiro atoms. The van der Waals surface area contributed by atoms with E-state index in [1.54, 1.807) is 12.1 Å². The van der Waals surface area contributed by atoms with E-state index in [9.17, 15) is 9.90 Å². The SMILES string of the molecule is CCc1ccc([C@@H]2Nc3c(Cl)ccc(C(=O)O)c3[C@@H]3C=CC[C@H]32)cc1. The predicted octanol–water partition coefficient (Wildman–Crippen LogP) is 5.43. The molecule has 0 fully saturated rings. The summed E-state index contributed by atoms with van der Waals surface area (Å²) < 4.78 is 0. The maximum Gasteiger partial charge on any atom is 0.336 e.